The second-order valence-corrected chi connectivity index (χ2v) is 4.31. The number of benzene rings is 1. The van der Waals surface area contributed by atoms with E-state index in [9.17, 15) is 9.59 Å². The lowest BCUT2D eigenvalue weighted by Gasteiger charge is -2.27. The van der Waals surface area contributed by atoms with Crippen LogP contribution in [-0.4, -0.2) is 42.1 Å². The average molecular weight is 250 g/mol. The highest BCUT2D eigenvalue weighted by molar-refractivity contribution is 5.93. The highest BCUT2D eigenvalue weighted by atomic mass is 16.4. The fourth-order valence-electron chi connectivity index (χ4n) is 1.51. The van der Waals surface area contributed by atoms with Gasteiger partial charge in [0.05, 0.1) is 0 Å². The molecule has 0 aliphatic carbocycles. The number of carbonyl (C=O) groups is 2. The van der Waals surface area contributed by atoms with Crippen molar-refractivity contribution in [2.75, 3.05) is 19.0 Å². The number of carbonyl (C=O) groups excluding carboxylic acids is 1. The minimum atomic E-state index is -1.02. The van der Waals surface area contributed by atoms with Gasteiger partial charge in [-0.05, 0) is 31.5 Å². The molecule has 1 rings (SSSR count). The van der Waals surface area contributed by atoms with Crippen LogP contribution in [0.15, 0.2) is 24.3 Å². The van der Waals surface area contributed by atoms with E-state index in [4.69, 9.17) is 5.11 Å². The Morgan fingerprint density at radius 3 is 2.39 bits per heavy atom. The first-order chi connectivity index (χ1) is 8.34. The molecule has 0 heterocycles. The number of hydrogen-bond acceptors (Lipinski definition) is 2. The van der Waals surface area contributed by atoms with E-state index in [0.717, 1.165) is 11.3 Å². The molecule has 0 aliphatic rings. The fraction of sp³-hybridized carbons (Fsp3) is 0.385. The number of amides is 2. The van der Waals surface area contributed by atoms with Gasteiger partial charge in [-0.3, -0.25) is 4.90 Å². The van der Waals surface area contributed by atoms with Crippen LogP contribution in [-0.2, 0) is 4.79 Å². The summed E-state index contributed by atoms with van der Waals surface area (Å²) in [4.78, 5) is 25.6. The smallest absolute Gasteiger partial charge is 0.326 e. The number of hydrogen-bond donors (Lipinski definition) is 1. The van der Waals surface area contributed by atoms with Crippen LogP contribution in [0.4, 0.5) is 10.5 Å². The maximum Gasteiger partial charge on any atom is 0.326 e. The summed E-state index contributed by atoms with van der Waals surface area (Å²) in [7, 11) is 3.11. The molecule has 0 saturated heterocycles. The monoisotopic (exact) mass is 250 g/mol. The van der Waals surface area contributed by atoms with E-state index in [-0.39, 0.29) is 6.03 Å². The first-order valence-corrected chi connectivity index (χ1v) is 5.64. The van der Waals surface area contributed by atoms with Crippen LogP contribution < -0.4 is 4.90 Å². The van der Waals surface area contributed by atoms with Gasteiger partial charge in [-0.1, -0.05) is 12.1 Å². The summed E-state index contributed by atoms with van der Waals surface area (Å²) >= 11 is 0. The molecule has 5 nitrogen and oxygen atoms in total. The normalized spacial score (nSPS) is 11.8. The van der Waals surface area contributed by atoms with E-state index in [1.165, 1.54) is 23.8 Å². The Hall–Kier alpha value is -2.04. The lowest BCUT2D eigenvalue weighted by molar-refractivity contribution is -0.141. The van der Waals surface area contributed by atoms with E-state index in [0.29, 0.717) is 0 Å². The lowest BCUT2D eigenvalue weighted by atomic mass is 10.2. The summed E-state index contributed by atoms with van der Waals surface area (Å²) in [5.41, 5.74) is 1.78. The number of carboxylic acid groups (broad SMARTS) is 1. The zero-order chi connectivity index (χ0) is 13.9. The Labute approximate surface area is 107 Å². The summed E-state index contributed by atoms with van der Waals surface area (Å²) in [6, 6.07) is 6.27. The van der Waals surface area contributed by atoms with Crippen LogP contribution >= 0.6 is 0 Å². The van der Waals surface area contributed by atoms with Crippen molar-refractivity contribution in [3.8, 4) is 0 Å². The van der Waals surface area contributed by atoms with Gasteiger partial charge in [0.15, 0.2) is 0 Å². The minimum Gasteiger partial charge on any atom is -0.480 e. The summed E-state index contributed by atoms with van der Waals surface area (Å²) in [6.07, 6.45) is 0. The topological polar surface area (TPSA) is 60.9 Å². The van der Waals surface area contributed by atoms with E-state index in [1.807, 2.05) is 31.2 Å². The third-order valence-corrected chi connectivity index (χ3v) is 2.92. The molecule has 18 heavy (non-hydrogen) atoms. The van der Waals surface area contributed by atoms with Crippen LogP contribution in [0.5, 0.6) is 0 Å². The van der Waals surface area contributed by atoms with Crippen molar-refractivity contribution in [2.45, 2.75) is 19.9 Å². The SMILES string of the molecule is Cc1cccc(N(C)C(=O)N(C)C(C)C(=O)O)c1. The predicted molar refractivity (Wildman–Crippen MR) is 69.8 cm³/mol. The fourth-order valence-corrected chi connectivity index (χ4v) is 1.51. The lowest BCUT2D eigenvalue weighted by Crippen LogP contribution is -2.46. The summed E-state index contributed by atoms with van der Waals surface area (Å²) in [5, 5.41) is 8.89. The minimum absolute atomic E-state index is 0.351. The van der Waals surface area contributed by atoms with Gasteiger partial charge in [-0.25, -0.2) is 9.59 Å². The number of likely N-dealkylation sites (N-methyl/N-ethyl adjacent to an activating group) is 1. The Kier molecular flexibility index (Phi) is 4.31. The van der Waals surface area contributed by atoms with Crippen LogP contribution in [0.2, 0.25) is 0 Å². The van der Waals surface area contributed by atoms with E-state index in [1.54, 1.807) is 7.05 Å². The molecule has 1 unspecified atom stereocenters. The summed E-state index contributed by atoms with van der Waals surface area (Å²) in [6.45, 7) is 3.41. The van der Waals surface area contributed by atoms with Gasteiger partial charge in [-0.2, -0.15) is 0 Å². The van der Waals surface area contributed by atoms with Crippen molar-refractivity contribution in [3.05, 3.63) is 29.8 Å². The molecule has 0 bridgehead atoms. The number of urea groups is 1. The number of carboxylic acids is 1. The Bertz CT molecular complexity index is 459. The number of rotatable bonds is 3. The zero-order valence-electron chi connectivity index (χ0n) is 11.0. The Morgan fingerprint density at radius 2 is 1.89 bits per heavy atom. The molecule has 0 aliphatic heterocycles. The molecule has 0 fully saturated rings. The molecule has 98 valence electrons. The molecule has 0 saturated carbocycles. The number of aliphatic carboxylic acids is 1. The Morgan fingerprint density at radius 1 is 1.28 bits per heavy atom. The molecule has 0 radical (unpaired) electrons. The largest absolute Gasteiger partial charge is 0.480 e. The highest BCUT2D eigenvalue weighted by Crippen LogP contribution is 2.16. The van der Waals surface area contributed by atoms with Gasteiger partial charge in [0.1, 0.15) is 6.04 Å². The standard InChI is InChI=1S/C13H18N2O3/c1-9-6-5-7-11(8-9)15(4)13(18)14(3)10(2)12(16)17/h5-8,10H,1-4H3,(H,16,17). The zero-order valence-corrected chi connectivity index (χ0v) is 11.0. The molecule has 1 N–H and O–H groups in total. The molecule has 0 aromatic heterocycles. The maximum atomic E-state index is 12.1. The van der Waals surface area contributed by atoms with Crippen LogP contribution in [0.1, 0.15) is 12.5 Å². The molecule has 5 heteroatoms. The quantitative estimate of drug-likeness (QED) is 0.892. The van der Waals surface area contributed by atoms with Gasteiger partial charge in [0.2, 0.25) is 0 Å². The Balaban J connectivity index is 2.87. The van der Waals surface area contributed by atoms with Gasteiger partial charge in [0, 0.05) is 19.8 Å². The van der Waals surface area contributed by atoms with Crippen LogP contribution in [0.3, 0.4) is 0 Å². The third-order valence-electron chi connectivity index (χ3n) is 2.92. The molecular formula is C13H18N2O3. The van der Waals surface area contributed by atoms with Crippen LogP contribution in [0, 0.1) is 6.92 Å². The molecule has 2 amide bonds. The predicted octanol–water partition coefficient (Wildman–Crippen LogP) is 1.96. The van der Waals surface area contributed by atoms with Crippen molar-refractivity contribution in [3.63, 3.8) is 0 Å². The second-order valence-electron chi connectivity index (χ2n) is 4.31. The summed E-state index contributed by atoms with van der Waals surface area (Å²) < 4.78 is 0. The number of anilines is 1. The van der Waals surface area contributed by atoms with Crippen molar-refractivity contribution in [1.82, 2.24) is 4.90 Å². The molecule has 1 aromatic rings. The van der Waals surface area contributed by atoms with Crippen molar-refractivity contribution < 1.29 is 14.7 Å². The second kappa shape index (κ2) is 5.53. The van der Waals surface area contributed by atoms with Crippen molar-refractivity contribution in [1.29, 1.82) is 0 Å². The number of nitrogens with zero attached hydrogens (tertiary/aromatic N) is 2. The molecule has 1 atom stereocenters. The van der Waals surface area contributed by atoms with Gasteiger partial charge in [-0.15, -0.1) is 0 Å². The number of aryl methyl sites for hydroxylation is 1. The summed E-state index contributed by atoms with van der Waals surface area (Å²) in [5.74, 6) is -1.02. The average Bonchev–Trinajstić information content (AvgIpc) is 2.35. The maximum absolute atomic E-state index is 12.1. The highest BCUT2D eigenvalue weighted by Gasteiger charge is 2.24. The molecular weight excluding hydrogens is 232 g/mol. The van der Waals surface area contributed by atoms with E-state index in [2.05, 4.69) is 0 Å². The van der Waals surface area contributed by atoms with E-state index >= 15 is 0 Å². The van der Waals surface area contributed by atoms with Gasteiger partial charge >= 0.3 is 12.0 Å². The van der Waals surface area contributed by atoms with Crippen LogP contribution in [0.25, 0.3) is 0 Å². The molecule has 1 aromatic carbocycles. The molecule has 0 spiro atoms. The first kappa shape index (κ1) is 14.0. The van der Waals surface area contributed by atoms with Gasteiger partial charge in [0.25, 0.3) is 0 Å². The van der Waals surface area contributed by atoms with Crippen molar-refractivity contribution >= 4 is 17.7 Å². The third kappa shape index (κ3) is 3.00. The van der Waals surface area contributed by atoms with Gasteiger partial charge < -0.3 is 10.0 Å². The van der Waals surface area contributed by atoms with Crippen molar-refractivity contribution in [2.24, 2.45) is 0 Å². The first-order valence-electron chi connectivity index (χ1n) is 5.64. The van der Waals surface area contributed by atoms with E-state index < -0.39 is 12.0 Å².